The Balaban J connectivity index is 0. The molecule has 2 atom stereocenters. The normalized spacial score (nSPS) is 18.9. The maximum atomic E-state index is 13.8. The van der Waals surface area contributed by atoms with Crippen molar-refractivity contribution >= 4 is 41.7 Å². The zero-order chi connectivity index (χ0) is 34.1. The molecule has 1 aromatic rings. The minimum absolute atomic E-state index is 0.0112. The van der Waals surface area contributed by atoms with Gasteiger partial charge >= 0.3 is 0 Å². The molecule has 3 N–H and O–H groups in total. The van der Waals surface area contributed by atoms with Crippen LogP contribution < -0.4 is 16.0 Å². The second kappa shape index (κ2) is 26.3. The highest BCUT2D eigenvalue weighted by molar-refractivity contribution is 6.30. The number of carbonyl (C=O) groups is 2. The molecule has 254 valence electrons. The number of anilines is 1. The van der Waals surface area contributed by atoms with Crippen molar-refractivity contribution in [2.75, 3.05) is 70.6 Å². The zero-order valence-electron chi connectivity index (χ0n) is 28.9. The van der Waals surface area contributed by atoms with E-state index in [0.717, 1.165) is 51.2 Å². The lowest BCUT2D eigenvalue weighted by atomic mass is 9.83. The summed E-state index contributed by atoms with van der Waals surface area (Å²) in [7, 11) is 2.14. The summed E-state index contributed by atoms with van der Waals surface area (Å²) >= 11 is 11.6. The summed E-state index contributed by atoms with van der Waals surface area (Å²) in [5.41, 5.74) is 2.77. The molecule has 1 aromatic carbocycles. The molecule has 2 saturated heterocycles. The summed E-state index contributed by atoms with van der Waals surface area (Å²) in [4.78, 5) is 25.4. The van der Waals surface area contributed by atoms with Gasteiger partial charge in [0.2, 0.25) is 12.8 Å². The van der Waals surface area contributed by atoms with Crippen LogP contribution >= 0.6 is 23.2 Å². The fraction of sp³-hybridized carbons (Fsp3) is 0.647. The van der Waals surface area contributed by atoms with Crippen molar-refractivity contribution < 1.29 is 14.0 Å². The van der Waals surface area contributed by atoms with E-state index in [1.807, 2.05) is 45.9 Å². The number of hydrogen-bond acceptors (Lipinski definition) is 5. The van der Waals surface area contributed by atoms with E-state index < -0.39 is 0 Å². The number of likely N-dealkylation sites (N-methyl/N-ethyl adjacent to an activating group) is 1. The number of hydrogen-bond donors (Lipinski definition) is 3. The average molecular weight is 661 g/mol. The number of amides is 2. The molecular formula is C34H60Cl2FN5O2. The van der Waals surface area contributed by atoms with Crippen molar-refractivity contribution in [2.45, 2.75) is 68.2 Å². The quantitative estimate of drug-likeness (QED) is 0.112. The van der Waals surface area contributed by atoms with E-state index in [4.69, 9.17) is 23.2 Å². The van der Waals surface area contributed by atoms with Gasteiger partial charge in [0.15, 0.2) is 0 Å². The number of rotatable bonds is 9. The molecule has 2 fully saturated rings. The van der Waals surface area contributed by atoms with Crippen LogP contribution in [-0.2, 0) is 9.59 Å². The maximum absolute atomic E-state index is 13.8. The summed E-state index contributed by atoms with van der Waals surface area (Å²) < 4.78 is 13.8. The monoisotopic (exact) mass is 659 g/mol. The van der Waals surface area contributed by atoms with Crippen LogP contribution in [0.3, 0.4) is 0 Å². The Labute approximate surface area is 278 Å². The highest BCUT2D eigenvalue weighted by Crippen LogP contribution is 2.38. The van der Waals surface area contributed by atoms with Gasteiger partial charge < -0.3 is 20.9 Å². The molecule has 2 amide bonds. The second-order valence-electron chi connectivity index (χ2n) is 12.0. The Hall–Kier alpha value is -1.97. The number of halogens is 3. The van der Waals surface area contributed by atoms with Gasteiger partial charge in [-0.15, -0.1) is 11.6 Å². The molecule has 0 saturated carbocycles. The Bertz CT molecular complexity index is 951. The lowest BCUT2D eigenvalue weighted by Gasteiger charge is -2.32. The Kier molecular flexibility index (Phi) is 26.4. The number of nitrogens with zero attached hydrogens (tertiary/aromatic N) is 2. The molecule has 2 aliphatic heterocycles. The summed E-state index contributed by atoms with van der Waals surface area (Å²) in [6.07, 6.45) is 5.38. The van der Waals surface area contributed by atoms with Crippen molar-refractivity contribution in [2.24, 2.45) is 11.3 Å². The fourth-order valence-corrected chi connectivity index (χ4v) is 4.54. The Morgan fingerprint density at radius 1 is 1.05 bits per heavy atom. The molecule has 0 spiro atoms. The minimum atomic E-state index is -0.283. The summed E-state index contributed by atoms with van der Waals surface area (Å²) in [6, 6.07) is 5.36. The van der Waals surface area contributed by atoms with Gasteiger partial charge in [-0.2, -0.15) is 0 Å². The second-order valence-corrected chi connectivity index (χ2v) is 12.7. The SMILES string of the molecule is C/C(=C(/F)CCl)C1CNCC1c1ccc(Cl)cc1NC=O.C/C=C\C.CC.CC(C)(C)C.CN1CCN(CCNC=O)CC1. The van der Waals surface area contributed by atoms with E-state index in [9.17, 15) is 14.0 Å². The molecule has 0 bridgehead atoms. The first-order valence-corrected chi connectivity index (χ1v) is 16.5. The first-order chi connectivity index (χ1) is 20.8. The molecule has 7 nitrogen and oxygen atoms in total. The van der Waals surface area contributed by atoms with Crippen molar-refractivity contribution in [1.29, 1.82) is 0 Å². The van der Waals surface area contributed by atoms with Gasteiger partial charge in [-0.1, -0.05) is 71.4 Å². The van der Waals surface area contributed by atoms with Crippen LogP contribution in [-0.4, -0.2) is 87.9 Å². The van der Waals surface area contributed by atoms with Crippen LogP contribution in [0.1, 0.15) is 73.8 Å². The molecule has 0 aromatic heterocycles. The first-order valence-electron chi connectivity index (χ1n) is 15.6. The van der Waals surface area contributed by atoms with Crippen molar-refractivity contribution in [3.8, 4) is 0 Å². The molecular weight excluding hydrogens is 600 g/mol. The van der Waals surface area contributed by atoms with E-state index in [1.165, 1.54) is 0 Å². The summed E-state index contributed by atoms with van der Waals surface area (Å²) in [6.45, 7) is 26.2. The third-order valence-electron chi connectivity index (χ3n) is 6.53. The summed E-state index contributed by atoms with van der Waals surface area (Å²) in [5.74, 6) is -0.320. The molecule has 0 aliphatic carbocycles. The van der Waals surface area contributed by atoms with Gasteiger partial charge in [0.25, 0.3) is 0 Å². The van der Waals surface area contributed by atoms with Crippen LogP contribution in [0.4, 0.5) is 10.1 Å². The molecule has 10 heteroatoms. The number of piperazine rings is 1. The number of allylic oxidation sites excluding steroid dienone is 3. The first kappa shape index (κ1) is 44.2. The van der Waals surface area contributed by atoms with Crippen LogP contribution in [0.5, 0.6) is 0 Å². The standard InChI is InChI=1S/C15H17Cl2FN2O.C8H17N3O.C5H12.C4H8.C2H6/c1-9(14(18)5-16)12-6-19-7-13(12)11-3-2-10(17)4-15(11)20-8-21;1-10-4-6-11(7-5-10)3-2-9-8-12;1-5(2,3)4;1-3-4-2;1-2/h2-4,8,12-13,19H,5-7H2,1H3,(H,20,21);8H,2-7H2,1H3,(H,9,12);1-4H3;3-4H,1-2H3;1-2H3/b14-9-;;;4-3-;. The zero-order valence-corrected chi connectivity index (χ0v) is 30.4. The third kappa shape index (κ3) is 20.9. The highest BCUT2D eigenvalue weighted by Gasteiger charge is 2.32. The van der Waals surface area contributed by atoms with E-state index in [0.29, 0.717) is 41.2 Å². The number of alkyl halides is 1. The van der Waals surface area contributed by atoms with Gasteiger partial charge in [-0.25, -0.2) is 4.39 Å². The van der Waals surface area contributed by atoms with E-state index in [1.54, 1.807) is 19.1 Å². The van der Waals surface area contributed by atoms with Crippen LogP contribution in [0.2, 0.25) is 5.02 Å². The maximum Gasteiger partial charge on any atom is 0.211 e. The van der Waals surface area contributed by atoms with Gasteiger partial charge in [0.1, 0.15) is 5.83 Å². The van der Waals surface area contributed by atoms with Crippen molar-refractivity contribution in [3.05, 3.63) is 52.3 Å². The smallest absolute Gasteiger partial charge is 0.211 e. The van der Waals surface area contributed by atoms with Crippen molar-refractivity contribution in [1.82, 2.24) is 20.4 Å². The highest BCUT2D eigenvalue weighted by atomic mass is 35.5. The predicted octanol–water partition coefficient (Wildman–Crippen LogP) is 7.33. The Morgan fingerprint density at radius 3 is 2.09 bits per heavy atom. The minimum Gasteiger partial charge on any atom is -0.357 e. The molecule has 44 heavy (non-hydrogen) atoms. The third-order valence-corrected chi connectivity index (χ3v) is 7.00. The number of nitrogens with one attached hydrogen (secondary N) is 3. The lowest BCUT2D eigenvalue weighted by molar-refractivity contribution is -0.109. The predicted molar refractivity (Wildman–Crippen MR) is 190 cm³/mol. The largest absolute Gasteiger partial charge is 0.357 e. The van der Waals surface area contributed by atoms with E-state index in [2.05, 4.69) is 60.5 Å². The lowest BCUT2D eigenvalue weighted by Crippen LogP contribution is -2.46. The van der Waals surface area contributed by atoms with Crippen LogP contribution in [0.25, 0.3) is 0 Å². The molecule has 2 aliphatic rings. The van der Waals surface area contributed by atoms with Crippen LogP contribution in [0.15, 0.2) is 41.8 Å². The van der Waals surface area contributed by atoms with Crippen molar-refractivity contribution in [3.63, 3.8) is 0 Å². The van der Waals surface area contributed by atoms with E-state index in [-0.39, 0.29) is 23.5 Å². The van der Waals surface area contributed by atoms with E-state index >= 15 is 0 Å². The van der Waals surface area contributed by atoms with Gasteiger partial charge in [-0.3, -0.25) is 14.5 Å². The molecule has 2 unspecified atom stereocenters. The van der Waals surface area contributed by atoms with Gasteiger partial charge in [0, 0.05) is 74.9 Å². The number of carbonyl (C=O) groups excluding carboxylic acids is 2. The number of benzene rings is 1. The fourth-order valence-electron chi connectivity index (χ4n) is 4.16. The molecule has 2 heterocycles. The van der Waals surface area contributed by atoms with Crippen LogP contribution in [0, 0.1) is 11.3 Å². The van der Waals surface area contributed by atoms with Gasteiger partial charge in [0.05, 0.1) is 5.88 Å². The Morgan fingerprint density at radius 2 is 1.61 bits per heavy atom. The topological polar surface area (TPSA) is 76.7 Å². The average Bonchev–Trinajstić information content (AvgIpc) is 3.48. The molecule has 3 rings (SSSR count). The summed E-state index contributed by atoms with van der Waals surface area (Å²) in [5, 5.41) is 9.16. The van der Waals surface area contributed by atoms with Gasteiger partial charge in [-0.05, 0) is 56.5 Å². The molecule has 0 radical (unpaired) electrons.